The van der Waals surface area contributed by atoms with Gasteiger partial charge in [0.15, 0.2) is 9.84 Å². The summed E-state index contributed by atoms with van der Waals surface area (Å²) >= 11 is 0. The third-order valence-electron chi connectivity index (χ3n) is 4.42. The van der Waals surface area contributed by atoms with Crippen LogP contribution in [0, 0.1) is 10.1 Å². The van der Waals surface area contributed by atoms with E-state index < -0.39 is 32.8 Å². The standard InChI is InChI=1S/C18H19N3O5S/c22-18(14-6-8-15(9-7-14)21(23)24)20-17-12-27(25,26)11-16(17)19-10-13-4-2-1-3-5-13/h1-9,16-17,19H,10-12H2,(H,20,22)/t16-,17-/m1/s1. The van der Waals surface area contributed by atoms with E-state index in [1.165, 1.54) is 24.3 Å². The van der Waals surface area contributed by atoms with E-state index in [4.69, 9.17) is 0 Å². The molecule has 0 saturated carbocycles. The van der Waals surface area contributed by atoms with Gasteiger partial charge in [-0.05, 0) is 17.7 Å². The van der Waals surface area contributed by atoms with Gasteiger partial charge in [0.1, 0.15) is 0 Å². The minimum absolute atomic E-state index is 0.0506. The Morgan fingerprint density at radius 1 is 1.04 bits per heavy atom. The molecular weight excluding hydrogens is 370 g/mol. The van der Waals surface area contributed by atoms with Gasteiger partial charge in [-0.15, -0.1) is 0 Å². The van der Waals surface area contributed by atoms with E-state index in [1.807, 2.05) is 30.3 Å². The van der Waals surface area contributed by atoms with Crippen molar-refractivity contribution in [3.8, 4) is 0 Å². The van der Waals surface area contributed by atoms with Crippen molar-refractivity contribution in [2.45, 2.75) is 18.6 Å². The summed E-state index contributed by atoms with van der Waals surface area (Å²) < 4.78 is 24.1. The number of carbonyl (C=O) groups excluding carboxylic acids is 1. The van der Waals surface area contributed by atoms with Gasteiger partial charge in [0.25, 0.3) is 11.6 Å². The molecule has 3 rings (SSSR count). The maximum absolute atomic E-state index is 12.4. The van der Waals surface area contributed by atoms with E-state index in [9.17, 15) is 23.3 Å². The lowest BCUT2D eigenvalue weighted by Gasteiger charge is -2.21. The number of nitrogens with one attached hydrogen (secondary N) is 2. The second kappa shape index (κ2) is 7.85. The highest BCUT2D eigenvalue weighted by atomic mass is 32.2. The largest absolute Gasteiger partial charge is 0.347 e. The first-order valence-electron chi connectivity index (χ1n) is 8.37. The fraction of sp³-hybridized carbons (Fsp3) is 0.278. The Morgan fingerprint density at radius 2 is 1.67 bits per heavy atom. The Morgan fingerprint density at radius 3 is 2.30 bits per heavy atom. The summed E-state index contributed by atoms with van der Waals surface area (Å²) in [6.45, 7) is 0.491. The first kappa shape index (κ1) is 19.0. The average Bonchev–Trinajstić information content (AvgIpc) is 2.94. The first-order valence-corrected chi connectivity index (χ1v) is 10.2. The Labute approximate surface area is 156 Å². The molecule has 2 N–H and O–H groups in total. The lowest BCUT2D eigenvalue weighted by atomic mass is 10.1. The van der Waals surface area contributed by atoms with Crippen LogP contribution in [0.3, 0.4) is 0 Å². The molecule has 0 spiro atoms. The van der Waals surface area contributed by atoms with Crippen molar-refractivity contribution in [3.63, 3.8) is 0 Å². The van der Waals surface area contributed by atoms with Crippen molar-refractivity contribution in [2.75, 3.05) is 11.5 Å². The molecule has 0 aromatic heterocycles. The highest BCUT2D eigenvalue weighted by Crippen LogP contribution is 2.16. The molecule has 2 aromatic carbocycles. The molecule has 2 atom stereocenters. The van der Waals surface area contributed by atoms with Crippen molar-refractivity contribution >= 4 is 21.4 Å². The van der Waals surface area contributed by atoms with Gasteiger partial charge in [-0.1, -0.05) is 30.3 Å². The van der Waals surface area contributed by atoms with Crippen molar-refractivity contribution in [1.82, 2.24) is 10.6 Å². The number of amides is 1. The molecule has 2 aromatic rings. The number of hydrogen-bond donors (Lipinski definition) is 2. The van der Waals surface area contributed by atoms with Gasteiger partial charge in [0, 0.05) is 30.3 Å². The maximum atomic E-state index is 12.4. The predicted octanol–water partition coefficient (Wildman–Crippen LogP) is 1.28. The molecule has 1 heterocycles. The van der Waals surface area contributed by atoms with Crippen LogP contribution in [0.1, 0.15) is 15.9 Å². The normalized spacial score (nSPS) is 20.9. The second-order valence-electron chi connectivity index (χ2n) is 6.43. The minimum Gasteiger partial charge on any atom is -0.347 e. The Kier molecular flexibility index (Phi) is 5.52. The summed E-state index contributed by atoms with van der Waals surface area (Å²) in [5.41, 5.74) is 1.14. The molecule has 0 aliphatic carbocycles. The summed E-state index contributed by atoms with van der Waals surface area (Å²) in [6.07, 6.45) is 0. The number of hydrogen-bond acceptors (Lipinski definition) is 6. The van der Waals surface area contributed by atoms with E-state index in [-0.39, 0.29) is 22.8 Å². The minimum atomic E-state index is -3.26. The van der Waals surface area contributed by atoms with Crippen LogP contribution in [0.4, 0.5) is 5.69 Å². The van der Waals surface area contributed by atoms with Crippen LogP contribution in [0.25, 0.3) is 0 Å². The third-order valence-corrected chi connectivity index (χ3v) is 6.15. The smallest absolute Gasteiger partial charge is 0.269 e. The molecule has 1 aliphatic rings. The number of non-ortho nitro benzene ring substituents is 1. The Balaban J connectivity index is 1.67. The van der Waals surface area contributed by atoms with Crippen molar-refractivity contribution in [1.29, 1.82) is 0 Å². The monoisotopic (exact) mass is 389 g/mol. The molecule has 0 bridgehead atoms. The molecule has 1 fully saturated rings. The van der Waals surface area contributed by atoms with Crippen molar-refractivity contribution < 1.29 is 18.1 Å². The molecule has 9 heteroatoms. The fourth-order valence-electron chi connectivity index (χ4n) is 3.02. The number of nitrogens with zero attached hydrogens (tertiary/aromatic N) is 1. The summed E-state index contributed by atoms with van der Waals surface area (Å²) in [5.74, 6) is -0.651. The Hall–Kier alpha value is -2.78. The van der Waals surface area contributed by atoms with Gasteiger partial charge in [-0.2, -0.15) is 0 Å². The van der Waals surface area contributed by atoms with Gasteiger partial charge < -0.3 is 10.6 Å². The van der Waals surface area contributed by atoms with Crippen LogP contribution in [0.15, 0.2) is 54.6 Å². The van der Waals surface area contributed by atoms with Gasteiger partial charge in [0.05, 0.1) is 22.5 Å². The highest BCUT2D eigenvalue weighted by molar-refractivity contribution is 7.91. The van der Waals surface area contributed by atoms with Gasteiger partial charge in [0.2, 0.25) is 0 Å². The first-order chi connectivity index (χ1) is 12.8. The summed E-state index contributed by atoms with van der Waals surface area (Å²) in [5, 5.41) is 16.6. The lowest BCUT2D eigenvalue weighted by Crippen LogP contribution is -2.49. The molecule has 27 heavy (non-hydrogen) atoms. The van der Waals surface area contributed by atoms with E-state index in [1.54, 1.807) is 0 Å². The van der Waals surface area contributed by atoms with E-state index >= 15 is 0 Å². The molecule has 1 amide bonds. The SMILES string of the molecule is O=C(N[C@@H]1CS(=O)(=O)C[C@H]1NCc1ccccc1)c1ccc([N+](=O)[O-])cc1. The summed E-state index contributed by atoms with van der Waals surface area (Å²) in [4.78, 5) is 22.6. The molecule has 1 saturated heterocycles. The fourth-order valence-corrected chi connectivity index (χ4v) is 4.92. The number of rotatable bonds is 6. The van der Waals surface area contributed by atoms with Gasteiger partial charge in [-0.25, -0.2) is 8.42 Å². The van der Waals surface area contributed by atoms with E-state index in [0.29, 0.717) is 6.54 Å². The molecule has 142 valence electrons. The zero-order valence-corrected chi connectivity index (χ0v) is 15.2. The summed E-state index contributed by atoms with van der Waals surface area (Å²) in [7, 11) is -3.26. The van der Waals surface area contributed by atoms with Crippen LogP contribution in [-0.4, -0.2) is 42.8 Å². The summed E-state index contributed by atoms with van der Waals surface area (Å²) in [6, 6.07) is 13.8. The highest BCUT2D eigenvalue weighted by Gasteiger charge is 2.38. The molecule has 8 nitrogen and oxygen atoms in total. The number of nitro benzene ring substituents is 1. The molecule has 0 radical (unpaired) electrons. The van der Waals surface area contributed by atoms with Gasteiger partial charge >= 0.3 is 0 Å². The zero-order valence-electron chi connectivity index (χ0n) is 14.4. The van der Waals surface area contributed by atoms with E-state index in [2.05, 4.69) is 10.6 Å². The quantitative estimate of drug-likeness (QED) is 0.567. The van der Waals surface area contributed by atoms with Crippen LogP contribution in [-0.2, 0) is 16.4 Å². The lowest BCUT2D eigenvalue weighted by molar-refractivity contribution is -0.384. The number of sulfone groups is 1. The molecular formula is C18H19N3O5S. The van der Waals surface area contributed by atoms with Crippen LogP contribution >= 0.6 is 0 Å². The van der Waals surface area contributed by atoms with Crippen LogP contribution in [0.2, 0.25) is 0 Å². The van der Waals surface area contributed by atoms with Crippen molar-refractivity contribution in [2.24, 2.45) is 0 Å². The zero-order chi connectivity index (χ0) is 19.4. The maximum Gasteiger partial charge on any atom is 0.269 e. The number of carbonyl (C=O) groups is 1. The van der Waals surface area contributed by atoms with Crippen LogP contribution < -0.4 is 10.6 Å². The molecule has 1 aliphatic heterocycles. The molecule has 0 unspecified atom stereocenters. The predicted molar refractivity (Wildman–Crippen MR) is 100 cm³/mol. The van der Waals surface area contributed by atoms with E-state index in [0.717, 1.165) is 5.56 Å². The average molecular weight is 389 g/mol. The van der Waals surface area contributed by atoms with Crippen LogP contribution in [0.5, 0.6) is 0 Å². The third kappa shape index (κ3) is 4.89. The Bertz CT molecular complexity index is 929. The van der Waals surface area contributed by atoms with Crippen molar-refractivity contribution in [3.05, 3.63) is 75.8 Å². The topological polar surface area (TPSA) is 118 Å². The number of benzene rings is 2. The number of nitro groups is 1. The van der Waals surface area contributed by atoms with Gasteiger partial charge in [-0.3, -0.25) is 14.9 Å². The second-order valence-corrected chi connectivity index (χ2v) is 8.59.